The molecule has 31 heavy (non-hydrogen) atoms. The number of hydrogen-bond donors (Lipinski definition) is 0. The van der Waals surface area contributed by atoms with E-state index in [9.17, 15) is 9.59 Å². The molecule has 2 aliphatic heterocycles. The van der Waals surface area contributed by atoms with Gasteiger partial charge in [-0.2, -0.15) is 0 Å². The van der Waals surface area contributed by atoms with E-state index in [0.717, 1.165) is 5.56 Å². The van der Waals surface area contributed by atoms with Crippen LogP contribution in [-0.4, -0.2) is 33.1 Å². The lowest BCUT2D eigenvalue weighted by Crippen LogP contribution is -2.48. The standard InChI is InChI=1S/C24H20N2O5/c1-29-15-10-8-14(9-11-15)25-22-16-6-4-5-7-17(16)23(27)26(22)19-13-21(31-3)20(30-2)12-18(19)24(25)28/h4-13,22H,1-3H3/t22-/m0/s1. The highest BCUT2D eigenvalue weighted by Gasteiger charge is 2.48. The molecule has 2 heterocycles. The van der Waals surface area contributed by atoms with Crippen molar-refractivity contribution >= 4 is 23.2 Å². The van der Waals surface area contributed by atoms with Crippen molar-refractivity contribution < 1.29 is 23.8 Å². The van der Waals surface area contributed by atoms with E-state index in [2.05, 4.69) is 0 Å². The number of rotatable bonds is 4. The van der Waals surface area contributed by atoms with E-state index >= 15 is 0 Å². The molecule has 0 aliphatic carbocycles. The second-order valence-corrected chi connectivity index (χ2v) is 7.23. The molecule has 0 spiro atoms. The molecule has 0 N–H and O–H groups in total. The monoisotopic (exact) mass is 416 g/mol. The van der Waals surface area contributed by atoms with Crippen LogP contribution in [0.5, 0.6) is 17.2 Å². The first-order valence-electron chi connectivity index (χ1n) is 9.75. The van der Waals surface area contributed by atoms with Crippen LogP contribution in [0.4, 0.5) is 11.4 Å². The molecule has 7 nitrogen and oxygen atoms in total. The van der Waals surface area contributed by atoms with Gasteiger partial charge in [0.2, 0.25) is 0 Å². The summed E-state index contributed by atoms with van der Waals surface area (Å²) in [6.45, 7) is 0. The van der Waals surface area contributed by atoms with E-state index in [1.807, 2.05) is 30.3 Å². The van der Waals surface area contributed by atoms with Crippen molar-refractivity contribution in [3.05, 3.63) is 77.4 Å². The Bertz CT molecular complexity index is 1210. The van der Waals surface area contributed by atoms with Gasteiger partial charge in [-0.1, -0.05) is 18.2 Å². The number of ether oxygens (including phenoxy) is 3. The topological polar surface area (TPSA) is 68.3 Å². The van der Waals surface area contributed by atoms with Gasteiger partial charge in [0.05, 0.1) is 32.6 Å². The second-order valence-electron chi connectivity index (χ2n) is 7.23. The smallest absolute Gasteiger partial charge is 0.262 e. The Hall–Kier alpha value is -4.00. The summed E-state index contributed by atoms with van der Waals surface area (Å²) in [7, 11) is 4.62. The molecule has 5 rings (SSSR count). The zero-order valence-electron chi connectivity index (χ0n) is 17.3. The van der Waals surface area contributed by atoms with Gasteiger partial charge in [0, 0.05) is 22.9 Å². The summed E-state index contributed by atoms with van der Waals surface area (Å²) < 4.78 is 16.1. The van der Waals surface area contributed by atoms with Crippen molar-refractivity contribution in [2.24, 2.45) is 0 Å². The van der Waals surface area contributed by atoms with E-state index in [4.69, 9.17) is 14.2 Å². The van der Waals surface area contributed by atoms with Gasteiger partial charge in [-0.15, -0.1) is 0 Å². The lowest BCUT2D eigenvalue weighted by atomic mass is 10.0. The van der Waals surface area contributed by atoms with Crippen LogP contribution in [0.2, 0.25) is 0 Å². The molecule has 3 aromatic carbocycles. The minimum atomic E-state index is -0.602. The van der Waals surface area contributed by atoms with Crippen molar-refractivity contribution in [1.29, 1.82) is 0 Å². The summed E-state index contributed by atoms with van der Waals surface area (Å²) in [5.74, 6) is 1.16. The summed E-state index contributed by atoms with van der Waals surface area (Å²) in [5.41, 5.74) is 2.87. The molecular weight excluding hydrogens is 396 g/mol. The quantitative estimate of drug-likeness (QED) is 0.642. The molecule has 1 atom stereocenters. The van der Waals surface area contributed by atoms with Crippen molar-refractivity contribution in [3.8, 4) is 17.2 Å². The van der Waals surface area contributed by atoms with Crippen LogP contribution in [0.3, 0.4) is 0 Å². The van der Waals surface area contributed by atoms with Crippen LogP contribution in [-0.2, 0) is 0 Å². The number of hydrogen-bond acceptors (Lipinski definition) is 5. The molecule has 0 fully saturated rings. The zero-order valence-corrected chi connectivity index (χ0v) is 17.3. The maximum Gasteiger partial charge on any atom is 0.262 e. The van der Waals surface area contributed by atoms with E-state index in [-0.39, 0.29) is 11.8 Å². The number of fused-ring (bicyclic) bond motifs is 5. The maximum atomic E-state index is 13.8. The molecule has 0 bridgehead atoms. The number of carbonyl (C=O) groups is 2. The Morgan fingerprint density at radius 1 is 0.710 bits per heavy atom. The fourth-order valence-electron chi connectivity index (χ4n) is 4.27. The third-order valence-corrected chi connectivity index (χ3v) is 5.74. The van der Waals surface area contributed by atoms with Gasteiger partial charge in [0.15, 0.2) is 11.5 Å². The van der Waals surface area contributed by atoms with Gasteiger partial charge in [-0.3, -0.25) is 19.4 Å². The number of methoxy groups -OCH3 is 3. The van der Waals surface area contributed by atoms with Crippen molar-refractivity contribution in [3.63, 3.8) is 0 Å². The fraction of sp³-hybridized carbons (Fsp3) is 0.167. The van der Waals surface area contributed by atoms with Crippen molar-refractivity contribution in [2.75, 3.05) is 31.1 Å². The zero-order chi connectivity index (χ0) is 21.7. The predicted octanol–water partition coefficient (Wildman–Crippen LogP) is 4.03. The van der Waals surface area contributed by atoms with Crippen LogP contribution in [0.25, 0.3) is 0 Å². The lowest BCUT2D eigenvalue weighted by molar-refractivity contribution is 0.0948. The fourth-order valence-corrected chi connectivity index (χ4v) is 4.27. The normalized spacial score (nSPS) is 16.5. The molecule has 2 amide bonds. The molecule has 156 valence electrons. The molecule has 0 radical (unpaired) electrons. The Morgan fingerprint density at radius 3 is 2.03 bits per heavy atom. The number of benzene rings is 3. The minimum absolute atomic E-state index is 0.167. The number of nitrogens with zero attached hydrogens (tertiary/aromatic N) is 2. The molecule has 0 saturated heterocycles. The number of amides is 2. The van der Waals surface area contributed by atoms with Crippen LogP contribution >= 0.6 is 0 Å². The third kappa shape index (κ3) is 2.66. The van der Waals surface area contributed by atoms with Crippen LogP contribution in [0.15, 0.2) is 60.7 Å². The predicted molar refractivity (Wildman–Crippen MR) is 115 cm³/mol. The van der Waals surface area contributed by atoms with E-state index in [0.29, 0.717) is 39.8 Å². The van der Waals surface area contributed by atoms with Gasteiger partial charge in [0.1, 0.15) is 11.9 Å². The van der Waals surface area contributed by atoms with Crippen molar-refractivity contribution in [1.82, 2.24) is 0 Å². The number of carbonyl (C=O) groups excluding carboxylic acids is 2. The molecule has 0 aromatic heterocycles. The summed E-state index contributed by atoms with van der Waals surface area (Å²) in [5, 5.41) is 0. The minimum Gasteiger partial charge on any atom is -0.497 e. The second kappa shape index (κ2) is 7.05. The molecule has 3 aromatic rings. The first kappa shape index (κ1) is 19.0. The van der Waals surface area contributed by atoms with Gasteiger partial charge in [-0.05, 0) is 36.4 Å². The lowest BCUT2D eigenvalue weighted by Gasteiger charge is -2.41. The highest BCUT2D eigenvalue weighted by molar-refractivity contribution is 6.21. The Balaban J connectivity index is 1.76. The van der Waals surface area contributed by atoms with E-state index in [1.54, 1.807) is 47.2 Å². The average Bonchev–Trinajstić information content (AvgIpc) is 3.11. The Labute approximate surface area is 179 Å². The van der Waals surface area contributed by atoms with Crippen LogP contribution < -0.4 is 24.0 Å². The maximum absolute atomic E-state index is 13.8. The molecule has 0 unspecified atom stereocenters. The Kier molecular flexibility index (Phi) is 4.32. The van der Waals surface area contributed by atoms with Crippen LogP contribution in [0.1, 0.15) is 32.4 Å². The number of anilines is 2. The molecule has 2 aliphatic rings. The van der Waals surface area contributed by atoms with E-state index < -0.39 is 6.17 Å². The first-order valence-corrected chi connectivity index (χ1v) is 9.75. The first-order chi connectivity index (χ1) is 15.1. The SMILES string of the molecule is COc1ccc(N2C(=O)c3cc(OC)c(OC)cc3N3C(=O)c4ccccc4[C@@H]23)cc1. The van der Waals surface area contributed by atoms with Gasteiger partial charge in [-0.25, -0.2) is 0 Å². The largest absolute Gasteiger partial charge is 0.497 e. The highest BCUT2D eigenvalue weighted by Crippen LogP contribution is 2.49. The highest BCUT2D eigenvalue weighted by atomic mass is 16.5. The van der Waals surface area contributed by atoms with E-state index in [1.165, 1.54) is 14.2 Å². The van der Waals surface area contributed by atoms with Crippen molar-refractivity contribution in [2.45, 2.75) is 6.17 Å². The van der Waals surface area contributed by atoms with Gasteiger partial charge in [0.25, 0.3) is 11.8 Å². The third-order valence-electron chi connectivity index (χ3n) is 5.74. The summed E-state index contributed by atoms with van der Waals surface area (Å²) >= 11 is 0. The molecular formula is C24H20N2O5. The molecule has 0 saturated carbocycles. The average molecular weight is 416 g/mol. The van der Waals surface area contributed by atoms with Gasteiger partial charge >= 0.3 is 0 Å². The summed E-state index contributed by atoms with van der Waals surface area (Å²) in [6.07, 6.45) is -0.602. The summed E-state index contributed by atoms with van der Waals surface area (Å²) in [4.78, 5) is 30.5. The van der Waals surface area contributed by atoms with Crippen LogP contribution in [0, 0.1) is 0 Å². The molecule has 7 heteroatoms. The Morgan fingerprint density at radius 2 is 1.35 bits per heavy atom. The van der Waals surface area contributed by atoms with Gasteiger partial charge < -0.3 is 14.2 Å². The summed E-state index contributed by atoms with van der Waals surface area (Å²) in [6, 6.07) is 17.9.